The average Bonchev–Trinajstić information content (AvgIpc) is 3.20. The van der Waals surface area contributed by atoms with Crippen LogP contribution in [0.15, 0.2) is 85.3 Å². The molecule has 1 amide bonds. The molecule has 1 aromatic carbocycles. The Labute approximate surface area is 156 Å². The number of rotatable bonds is 5. The molecule has 4 aromatic rings. The Morgan fingerprint density at radius 3 is 2.44 bits per heavy atom. The third-order valence-corrected chi connectivity index (χ3v) is 4.08. The molecule has 0 aliphatic rings. The number of hydrogen-bond acceptors (Lipinski definition) is 4. The van der Waals surface area contributed by atoms with Gasteiger partial charge in [0.25, 0.3) is 5.91 Å². The second-order valence-electron chi connectivity index (χ2n) is 5.90. The highest BCUT2D eigenvalue weighted by atomic mass is 16.1. The second-order valence-corrected chi connectivity index (χ2v) is 5.90. The minimum Gasteiger partial charge on any atom is -0.345 e. The van der Waals surface area contributed by atoms with Gasteiger partial charge < -0.3 is 5.32 Å². The number of carbonyl (C=O) groups is 1. The normalized spacial score (nSPS) is 10.5. The lowest BCUT2D eigenvalue weighted by atomic mass is 10.2. The Balaban J connectivity index is 1.66. The largest absolute Gasteiger partial charge is 0.345 e. The third kappa shape index (κ3) is 3.74. The molecule has 0 aliphatic carbocycles. The predicted molar refractivity (Wildman–Crippen MR) is 102 cm³/mol. The smallest absolute Gasteiger partial charge is 0.272 e. The van der Waals surface area contributed by atoms with Crippen LogP contribution in [0.1, 0.15) is 16.2 Å². The molecular weight excluding hydrogens is 338 g/mol. The maximum atomic E-state index is 12.6. The number of carbonyl (C=O) groups excluding carboxylic acids is 1. The summed E-state index contributed by atoms with van der Waals surface area (Å²) in [6, 6.07) is 20.9. The molecule has 6 nitrogen and oxygen atoms in total. The summed E-state index contributed by atoms with van der Waals surface area (Å²) in [6.45, 7) is 0.350. The number of hydrogen-bond donors (Lipinski definition) is 1. The minimum atomic E-state index is -0.245. The molecule has 1 N–H and O–H groups in total. The van der Waals surface area contributed by atoms with Crippen LogP contribution in [-0.4, -0.2) is 25.7 Å². The third-order valence-electron chi connectivity index (χ3n) is 4.08. The Morgan fingerprint density at radius 2 is 1.70 bits per heavy atom. The lowest BCUT2D eigenvalue weighted by Crippen LogP contribution is -2.23. The molecule has 4 rings (SSSR count). The van der Waals surface area contributed by atoms with E-state index in [0.29, 0.717) is 12.2 Å². The van der Waals surface area contributed by atoms with Crippen LogP contribution in [0.4, 0.5) is 0 Å². The number of benzene rings is 1. The molecule has 0 saturated carbocycles. The zero-order chi connectivity index (χ0) is 18.5. The first-order valence-corrected chi connectivity index (χ1v) is 8.55. The van der Waals surface area contributed by atoms with Gasteiger partial charge in [-0.2, -0.15) is 5.10 Å². The Bertz CT molecular complexity index is 973. The van der Waals surface area contributed by atoms with Gasteiger partial charge in [-0.25, -0.2) is 4.68 Å². The van der Waals surface area contributed by atoms with E-state index in [1.165, 1.54) is 0 Å². The van der Waals surface area contributed by atoms with E-state index >= 15 is 0 Å². The van der Waals surface area contributed by atoms with Gasteiger partial charge in [-0.15, -0.1) is 0 Å². The molecular formula is C21H17N5O. The standard InChI is InChI=1S/C21H17N5O/c27-21(24-15-17-6-4-5-11-23-17)19-14-20(16-9-12-22-13-10-16)26(25-19)18-7-2-1-3-8-18/h1-14H,15H2,(H,24,27). The molecule has 0 aliphatic heterocycles. The summed E-state index contributed by atoms with van der Waals surface area (Å²) in [7, 11) is 0. The summed E-state index contributed by atoms with van der Waals surface area (Å²) in [5.41, 5.74) is 3.79. The zero-order valence-electron chi connectivity index (χ0n) is 14.5. The van der Waals surface area contributed by atoms with Crippen LogP contribution in [0.25, 0.3) is 16.9 Å². The monoisotopic (exact) mass is 355 g/mol. The number of para-hydroxylation sites is 1. The Kier molecular flexibility index (Phi) is 4.70. The first kappa shape index (κ1) is 16.7. The SMILES string of the molecule is O=C(NCc1ccccn1)c1cc(-c2ccncc2)n(-c2ccccc2)n1. The molecule has 3 aromatic heterocycles. The van der Waals surface area contributed by atoms with Gasteiger partial charge in [0, 0.05) is 24.2 Å². The van der Waals surface area contributed by atoms with Crippen molar-refractivity contribution in [2.45, 2.75) is 6.54 Å². The molecule has 0 saturated heterocycles. The summed E-state index contributed by atoms with van der Waals surface area (Å²) in [4.78, 5) is 20.9. The van der Waals surface area contributed by atoms with Crippen LogP contribution in [-0.2, 0) is 6.54 Å². The van der Waals surface area contributed by atoms with Crippen molar-refractivity contribution in [2.75, 3.05) is 0 Å². The predicted octanol–water partition coefficient (Wildman–Crippen LogP) is 3.26. The number of aromatic nitrogens is 4. The van der Waals surface area contributed by atoms with Gasteiger partial charge in [0.15, 0.2) is 5.69 Å². The van der Waals surface area contributed by atoms with Gasteiger partial charge in [0.2, 0.25) is 0 Å². The van der Waals surface area contributed by atoms with Crippen LogP contribution in [0.5, 0.6) is 0 Å². The van der Waals surface area contributed by atoms with Crippen LogP contribution in [0, 0.1) is 0 Å². The molecule has 132 valence electrons. The van der Waals surface area contributed by atoms with Crippen molar-refractivity contribution in [3.63, 3.8) is 0 Å². The fourth-order valence-corrected chi connectivity index (χ4v) is 2.75. The first-order chi connectivity index (χ1) is 13.3. The zero-order valence-corrected chi connectivity index (χ0v) is 14.5. The van der Waals surface area contributed by atoms with E-state index in [1.54, 1.807) is 29.3 Å². The van der Waals surface area contributed by atoms with E-state index in [2.05, 4.69) is 20.4 Å². The molecule has 0 bridgehead atoms. The van der Waals surface area contributed by atoms with Crippen LogP contribution >= 0.6 is 0 Å². The van der Waals surface area contributed by atoms with Gasteiger partial charge in [0.05, 0.1) is 23.6 Å². The van der Waals surface area contributed by atoms with Crippen molar-refractivity contribution in [1.29, 1.82) is 0 Å². The molecule has 0 atom stereocenters. The summed E-state index contributed by atoms with van der Waals surface area (Å²) in [5, 5.41) is 7.40. The first-order valence-electron chi connectivity index (χ1n) is 8.55. The van der Waals surface area contributed by atoms with Gasteiger partial charge in [-0.1, -0.05) is 24.3 Å². The highest BCUT2D eigenvalue weighted by molar-refractivity contribution is 5.93. The highest BCUT2D eigenvalue weighted by Crippen LogP contribution is 2.23. The fourth-order valence-electron chi connectivity index (χ4n) is 2.75. The summed E-state index contributed by atoms with van der Waals surface area (Å²) in [6.07, 6.45) is 5.14. The van der Waals surface area contributed by atoms with E-state index in [4.69, 9.17) is 0 Å². The quantitative estimate of drug-likeness (QED) is 0.596. The van der Waals surface area contributed by atoms with Gasteiger partial charge >= 0.3 is 0 Å². The maximum Gasteiger partial charge on any atom is 0.272 e. The molecule has 0 spiro atoms. The highest BCUT2D eigenvalue weighted by Gasteiger charge is 2.16. The van der Waals surface area contributed by atoms with Crippen molar-refractivity contribution in [2.24, 2.45) is 0 Å². The molecule has 6 heteroatoms. The second kappa shape index (κ2) is 7.61. The lowest BCUT2D eigenvalue weighted by Gasteiger charge is -2.06. The number of amides is 1. The lowest BCUT2D eigenvalue weighted by molar-refractivity contribution is 0.0945. The fraction of sp³-hybridized carbons (Fsp3) is 0.0476. The number of nitrogens with zero attached hydrogens (tertiary/aromatic N) is 4. The summed E-state index contributed by atoms with van der Waals surface area (Å²) in [5.74, 6) is -0.245. The van der Waals surface area contributed by atoms with E-state index in [-0.39, 0.29) is 5.91 Å². The minimum absolute atomic E-state index is 0.245. The molecule has 0 unspecified atom stereocenters. The van der Waals surface area contributed by atoms with Crippen LogP contribution < -0.4 is 5.32 Å². The topological polar surface area (TPSA) is 72.7 Å². The van der Waals surface area contributed by atoms with Crippen LogP contribution in [0.3, 0.4) is 0 Å². The average molecular weight is 355 g/mol. The van der Waals surface area contributed by atoms with Crippen molar-refractivity contribution >= 4 is 5.91 Å². The number of nitrogens with one attached hydrogen (secondary N) is 1. The van der Waals surface area contributed by atoms with Crippen LogP contribution in [0.2, 0.25) is 0 Å². The summed E-state index contributed by atoms with van der Waals surface area (Å²) < 4.78 is 1.77. The Hall–Kier alpha value is -3.80. The Morgan fingerprint density at radius 1 is 0.926 bits per heavy atom. The van der Waals surface area contributed by atoms with E-state index < -0.39 is 0 Å². The van der Waals surface area contributed by atoms with E-state index in [1.807, 2.05) is 60.7 Å². The van der Waals surface area contributed by atoms with E-state index in [0.717, 1.165) is 22.6 Å². The summed E-state index contributed by atoms with van der Waals surface area (Å²) >= 11 is 0. The van der Waals surface area contributed by atoms with Crippen molar-refractivity contribution < 1.29 is 4.79 Å². The van der Waals surface area contributed by atoms with Crippen molar-refractivity contribution in [1.82, 2.24) is 25.1 Å². The van der Waals surface area contributed by atoms with Gasteiger partial charge in [-0.05, 0) is 42.5 Å². The van der Waals surface area contributed by atoms with E-state index in [9.17, 15) is 4.79 Å². The van der Waals surface area contributed by atoms with Gasteiger partial charge in [0.1, 0.15) is 0 Å². The van der Waals surface area contributed by atoms with Gasteiger partial charge in [-0.3, -0.25) is 14.8 Å². The maximum absolute atomic E-state index is 12.6. The number of pyridine rings is 2. The molecule has 0 radical (unpaired) electrons. The molecule has 27 heavy (non-hydrogen) atoms. The molecule has 0 fully saturated rings. The molecule has 3 heterocycles. The van der Waals surface area contributed by atoms with Crippen molar-refractivity contribution in [3.05, 3.63) is 96.7 Å². The van der Waals surface area contributed by atoms with Crippen molar-refractivity contribution in [3.8, 4) is 16.9 Å².